The van der Waals surface area contributed by atoms with Gasteiger partial charge in [0.15, 0.2) is 0 Å². The molecule has 27 heavy (non-hydrogen) atoms. The molecular weight excluding hydrogens is 366 g/mol. The molecule has 0 aromatic carbocycles. The van der Waals surface area contributed by atoms with Crippen LogP contribution in [0.3, 0.4) is 0 Å². The number of amides is 3. The van der Waals surface area contributed by atoms with Crippen LogP contribution in [0, 0.1) is 0 Å². The third-order valence-corrected chi connectivity index (χ3v) is 5.17. The second-order valence-corrected chi connectivity index (χ2v) is 7.05. The lowest BCUT2D eigenvalue weighted by Crippen LogP contribution is -2.50. The summed E-state index contributed by atoms with van der Waals surface area (Å²) >= 11 is 1.39. The summed E-state index contributed by atoms with van der Waals surface area (Å²) in [7, 11) is 0. The first-order chi connectivity index (χ1) is 13.1. The Morgan fingerprint density at radius 3 is 2.56 bits per heavy atom. The van der Waals surface area contributed by atoms with Gasteiger partial charge in [-0.15, -0.1) is 11.3 Å². The van der Waals surface area contributed by atoms with Crippen LogP contribution in [0.4, 0.5) is 0 Å². The summed E-state index contributed by atoms with van der Waals surface area (Å²) in [5.41, 5.74) is 0.318. The van der Waals surface area contributed by atoms with Gasteiger partial charge >= 0.3 is 0 Å². The lowest BCUT2D eigenvalue weighted by molar-refractivity contribution is -0.132. The van der Waals surface area contributed by atoms with E-state index in [0.29, 0.717) is 56.1 Å². The van der Waals surface area contributed by atoms with Crippen molar-refractivity contribution in [2.75, 3.05) is 32.7 Å². The molecule has 0 aliphatic carbocycles. The van der Waals surface area contributed by atoms with Gasteiger partial charge < -0.3 is 15.1 Å². The molecule has 142 valence electrons. The van der Waals surface area contributed by atoms with E-state index in [1.54, 1.807) is 15.9 Å². The van der Waals surface area contributed by atoms with Gasteiger partial charge in [0, 0.05) is 51.5 Å². The number of hydrogen-bond acceptors (Lipinski definition) is 6. The van der Waals surface area contributed by atoms with Crippen LogP contribution in [0.25, 0.3) is 0 Å². The first-order valence-electron chi connectivity index (χ1n) is 8.80. The van der Waals surface area contributed by atoms with Crippen molar-refractivity contribution in [3.8, 4) is 0 Å². The number of carbonyl (C=O) groups is 3. The van der Waals surface area contributed by atoms with Gasteiger partial charge in [-0.25, -0.2) is 4.98 Å². The Kier molecular flexibility index (Phi) is 6.48. The quantitative estimate of drug-likeness (QED) is 0.747. The summed E-state index contributed by atoms with van der Waals surface area (Å²) in [5, 5.41) is 4.67. The number of piperazine rings is 1. The summed E-state index contributed by atoms with van der Waals surface area (Å²) in [6.07, 6.45) is 5.43. The molecule has 2 aromatic heterocycles. The predicted molar refractivity (Wildman–Crippen MR) is 100 cm³/mol. The summed E-state index contributed by atoms with van der Waals surface area (Å²) in [6, 6.07) is 3.60. The average Bonchev–Trinajstić information content (AvgIpc) is 3.26. The van der Waals surface area contributed by atoms with E-state index in [0.717, 1.165) is 0 Å². The number of aromatic nitrogens is 2. The maximum absolute atomic E-state index is 12.3. The highest BCUT2D eigenvalue weighted by molar-refractivity contribution is 7.12. The number of nitrogens with one attached hydrogen (secondary N) is 1. The van der Waals surface area contributed by atoms with Crippen LogP contribution >= 0.6 is 11.3 Å². The van der Waals surface area contributed by atoms with Crippen molar-refractivity contribution >= 4 is 29.1 Å². The maximum Gasteiger partial charge on any atom is 0.274 e. The summed E-state index contributed by atoms with van der Waals surface area (Å²) in [6.45, 7) is 2.44. The van der Waals surface area contributed by atoms with Crippen molar-refractivity contribution in [3.63, 3.8) is 0 Å². The van der Waals surface area contributed by atoms with Crippen molar-refractivity contribution in [2.45, 2.75) is 12.8 Å². The van der Waals surface area contributed by atoms with E-state index >= 15 is 0 Å². The van der Waals surface area contributed by atoms with Crippen LogP contribution in [0.1, 0.15) is 33.0 Å². The highest BCUT2D eigenvalue weighted by Gasteiger charge is 2.25. The molecule has 3 amide bonds. The molecule has 0 saturated carbocycles. The van der Waals surface area contributed by atoms with Crippen LogP contribution in [-0.4, -0.2) is 70.2 Å². The minimum Gasteiger partial charge on any atom is -0.351 e. The fourth-order valence-corrected chi connectivity index (χ4v) is 3.47. The minimum absolute atomic E-state index is 0.0481. The molecule has 3 rings (SSSR count). The molecule has 0 radical (unpaired) electrons. The van der Waals surface area contributed by atoms with E-state index < -0.39 is 0 Å². The second-order valence-electron chi connectivity index (χ2n) is 6.10. The first-order valence-corrected chi connectivity index (χ1v) is 9.68. The van der Waals surface area contributed by atoms with Crippen LogP contribution < -0.4 is 5.32 Å². The Morgan fingerprint density at radius 2 is 1.89 bits per heavy atom. The fraction of sp³-hybridized carbons (Fsp3) is 0.389. The van der Waals surface area contributed by atoms with Gasteiger partial charge in [-0.2, -0.15) is 0 Å². The molecule has 2 aromatic rings. The zero-order valence-corrected chi connectivity index (χ0v) is 15.7. The topological polar surface area (TPSA) is 95.5 Å². The summed E-state index contributed by atoms with van der Waals surface area (Å²) in [4.78, 5) is 48.5. The second kappa shape index (κ2) is 9.22. The molecule has 0 bridgehead atoms. The zero-order chi connectivity index (χ0) is 19.1. The van der Waals surface area contributed by atoms with Crippen LogP contribution in [0.2, 0.25) is 0 Å². The van der Waals surface area contributed by atoms with Crippen molar-refractivity contribution < 1.29 is 14.4 Å². The standard InChI is InChI=1S/C18H21N5O3S/c24-16(4-1-5-21-17(25)15-3-2-12-27-15)22-8-10-23(11-9-22)18(26)14-13-19-6-7-20-14/h2-3,6-7,12-13H,1,4-5,8-11H2,(H,21,25). The SMILES string of the molecule is O=C(NCCCC(=O)N1CCN(C(=O)c2cnccn2)CC1)c1cccs1. The Bertz CT molecular complexity index is 774. The Labute approximate surface area is 161 Å². The minimum atomic E-state index is -0.161. The summed E-state index contributed by atoms with van der Waals surface area (Å²) in [5.74, 6) is -0.216. The number of nitrogens with zero attached hydrogens (tertiary/aromatic N) is 4. The highest BCUT2D eigenvalue weighted by atomic mass is 32.1. The molecule has 0 atom stereocenters. The zero-order valence-electron chi connectivity index (χ0n) is 14.8. The third kappa shape index (κ3) is 5.10. The van der Waals surface area contributed by atoms with E-state index in [2.05, 4.69) is 15.3 Å². The van der Waals surface area contributed by atoms with E-state index in [9.17, 15) is 14.4 Å². The molecular formula is C18H21N5O3S. The molecule has 1 N–H and O–H groups in total. The lowest BCUT2D eigenvalue weighted by atomic mass is 10.2. The normalized spacial score (nSPS) is 14.1. The molecule has 1 aliphatic heterocycles. The Balaban J connectivity index is 1.36. The van der Waals surface area contributed by atoms with Gasteiger partial charge in [0.05, 0.1) is 11.1 Å². The van der Waals surface area contributed by atoms with E-state index in [-0.39, 0.29) is 17.7 Å². The van der Waals surface area contributed by atoms with Crippen molar-refractivity contribution in [1.29, 1.82) is 0 Å². The Morgan fingerprint density at radius 1 is 1.11 bits per heavy atom. The fourth-order valence-electron chi connectivity index (χ4n) is 2.82. The summed E-state index contributed by atoms with van der Waals surface area (Å²) < 4.78 is 0. The maximum atomic E-state index is 12.3. The lowest BCUT2D eigenvalue weighted by Gasteiger charge is -2.34. The molecule has 1 fully saturated rings. The Hall–Kier alpha value is -2.81. The third-order valence-electron chi connectivity index (χ3n) is 4.30. The molecule has 0 unspecified atom stereocenters. The van der Waals surface area contributed by atoms with Crippen LogP contribution in [0.5, 0.6) is 0 Å². The molecule has 0 spiro atoms. The molecule has 3 heterocycles. The average molecular weight is 387 g/mol. The predicted octanol–water partition coefficient (Wildman–Crippen LogP) is 1.03. The highest BCUT2D eigenvalue weighted by Crippen LogP contribution is 2.09. The van der Waals surface area contributed by atoms with Gasteiger partial charge in [0.25, 0.3) is 11.8 Å². The smallest absolute Gasteiger partial charge is 0.274 e. The van der Waals surface area contributed by atoms with Crippen molar-refractivity contribution in [2.24, 2.45) is 0 Å². The van der Waals surface area contributed by atoms with Gasteiger partial charge in [0.2, 0.25) is 5.91 Å². The van der Waals surface area contributed by atoms with E-state index in [1.807, 2.05) is 11.4 Å². The van der Waals surface area contributed by atoms with E-state index in [1.165, 1.54) is 29.9 Å². The number of hydrogen-bond donors (Lipinski definition) is 1. The molecule has 8 nitrogen and oxygen atoms in total. The number of rotatable bonds is 6. The molecule has 1 aliphatic rings. The monoisotopic (exact) mass is 387 g/mol. The molecule has 1 saturated heterocycles. The van der Waals surface area contributed by atoms with Gasteiger partial charge in [0.1, 0.15) is 5.69 Å². The number of carbonyl (C=O) groups excluding carboxylic acids is 3. The first kappa shape index (κ1) is 19.0. The largest absolute Gasteiger partial charge is 0.351 e. The van der Waals surface area contributed by atoms with Crippen molar-refractivity contribution in [1.82, 2.24) is 25.1 Å². The van der Waals surface area contributed by atoms with Crippen LogP contribution in [-0.2, 0) is 4.79 Å². The van der Waals surface area contributed by atoms with Gasteiger partial charge in [-0.05, 0) is 17.9 Å². The molecule has 9 heteroatoms. The van der Waals surface area contributed by atoms with Gasteiger partial charge in [-0.1, -0.05) is 6.07 Å². The van der Waals surface area contributed by atoms with Crippen LogP contribution in [0.15, 0.2) is 36.1 Å². The van der Waals surface area contributed by atoms with E-state index in [4.69, 9.17) is 0 Å². The number of thiophene rings is 1. The van der Waals surface area contributed by atoms with Gasteiger partial charge in [-0.3, -0.25) is 19.4 Å². The van der Waals surface area contributed by atoms with Crippen molar-refractivity contribution in [3.05, 3.63) is 46.7 Å².